The van der Waals surface area contributed by atoms with E-state index in [1.165, 1.54) is 19.3 Å². The van der Waals surface area contributed by atoms with Gasteiger partial charge < -0.3 is 10.0 Å². The van der Waals surface area contributed by atoms with E-state index in [4.69, 9.17) is 0 Å². The predicted octanol–water partition coefficient (Wildman–Crippen LogP) is 3.39. The number of aliphatic carboxylic acids is 1. The second-order valence-electron chi connectivity index (χ2n) is 7.14. The summed E-state index contributed by atoms with van der Waals surface area (Å²) in [7, 11) is 0. The zero-order valence-corrected chi connectivity index (χ0v) is 12.5. The van der Waals surface area contributed by atoms with Gasteiger partial charge in [-0.2, -0.15) is 0 Å². The lowest BCUT2D eigenvalue weighted by atomic mass is 9.78. The highest BCUT2D eigenvalue weighted by Crippen LogP contribution is 2.37. The highest BCUT2D eigenvalue weighted by Gasteiger charge is 2.41. The Morgan fingerprint density at radius 3 is 2.11 bits per heavy atom. The van der Waals surface area contributed by atoms with E-state index in [-0.39, 0.29) is 0 Å². The normalized spacial score (nSPS) is 32.7. The van der Waals surface area contributed by atoms with Crippen LogP contribution in [-0.2, 0) is 4.79 Å². The number of carbonyl (C=O) groups is 1. The van der Waals surface area contributed by atoms with Crippen molar-refractivity contribution in [3.8, 4) is 0 Å². The van der Waals surface area contributed by atoms with Crippen LogP contribution in [0.2, 0.25) is 0 Å². The van der Waals surface area contributed by atoms with E-state index in [1.54, 1.807) is 0 Å². The fourth-order valence-corrected chi connectivity index (χ4v) is 4.19. The average Bonchev–Trinajstić information content (AvgIpc) is 2.54. The van der Waals surface area contributed by atoms with E-state index in [9.17, 15) is 9.90 Å². The van der Waals surface area contributed by atoms with Gasteiger partial charge in [-0.15, -0.1) is 0 Å². The fraction of sp³-hybridized carbons (Fsp3) is 0.938. The monoisotopic (exact) mass is 267 g/mol. The molecule has 2 atom stereocenters. The first-order valence-electron chi connectivity index (χ1n) is 7.97. The Hall–Kier alpha value is -0.570. The van der Waals surface area contributed by atoms with Gasteiger partial charge in [-0.05, 0) is 31.1 Å². The molecule has 1 heterocycles. The van der Waals surface area contributed by atoms with Crippen molar-refractivity contribution in [1.82, 2.24) is 4.90 Å². The highest BCUT2D eigenvalue weighted by molar-refractivity contribution is 5.75. The lowest BCUT2D eigenvalue weighted by Gasteiger charge is -2.40. The van der Waals surface area contributed by atoms with Gasteiger partial charge in [0.15, 0.2) is 0 Å². The number of rotatable bonds is 3. The second-order valence-corrected chi connectivity index (χ2v) is 7.14. The highest BCUT2D eigenvalue weighted by atomic mass is 16.4. The summed E-state index contributed by atoms with van der Waals surface area (Å²) in [6.07, 6.45) is 7.64. The smallest absolute Gasteiger partial charge is 0.310 e. The molecule has 110 valence electrons. The molecule has 3 heteroatoms. The summed E-state index contributed by atoms with van der Waals surface area (Å²) in [5.41, 5.74) is -0.465. The third-order valence-corrected chi connectivity index (χ3v) is 4.99. The van der Waals surface area contributed by atoms with Gasteiger partial charge in [0.2, 0.25) is 0 Å². The van der Waals surface area contributed by atoms with E-state index >= 15 is 0 Å². The third kappa shape index (κ3) is 3.71. The molecule has 1 saturated carbocycles. The molecule has 1 saturated heterocycles. The van der Waals surface area contributed by atoms with Crippen molar-refractivity contribution in [1.29, 1.82) is 0 Å². The van der Waals surface area contributed by atoms with Crippen LogP contribution in [0.5, 0.6) is 0 Å². The first-order chi connectivity index (χ1) is 9.02. The molecule has 2 unspecified atom stereocenters. The van der Waals surface area contributed by atoms with Crippen LogP contribution < -0.4 is 0 Å². The largest absolute Gasteiger partial charge is 0.481 e. The molecule has 0 aromatic carbocycles. The van der Waals surface area contributed by atoms with Gasteiger partial charge in [0, 0.05) is 19.6 Å². The summed E-state index contributed by atoms with van der Waals surface area (Å²) in [4.78, 5) is 14.3. The Morgan fingerprint density at radius 2 is 1.63 bits per heavy atom. The number of hydrogen-bond acceptors (Lipinski definition) is 2. The van der Waals surface area contributed by atoms with E-state index in [2.05, 4.69) is 18.7 Å². The summed E-state index contributed by atoms with van der Waals surface area (Å²) in [6.45, 7) is 7.53. The Labute approximate surface area is 117 Å². The third-order valence-electron chi connectivity index (χ3n) is 4.99. The van der Waals surface area contributed by atoms with Crippen LogP contribution in [0, 0.1) is 17.3 Å². The minimum absolute atomic E-state index is 0.465. The standard InChI is InChI=1S/C16H29NO2/c1-13-9-14(2)11-17(10-13)12-16(15(18)19)7-5-3-4-6-8-16/h13-14H,3-12H2,1-2H3,(H,18,19). The molecule has 0 aromatic heterocycles. The Kier molecular flexibility index (Phi) is 4.88. The van der Waals surface area contributed by atoms with Crippen molar-refractivity contribution >= 4 is 5.97 Å². The molecular weight excluding hydrogens is 238 g/mol. The molecule has 0 bridgehead atoms. The van der Waals surface area contributed by atoms with Gasteiger partial charge in [0.05, 0.1) is 5.41 Å². The molecule has 0 radical (unpaired) electrons. The molecule has 2 fully saturated rings. The average molecular weight is 267 g/mol. The van der Waals surface area contributed by atoms with Crippen molar-refractivity contribution in [3.63, 3.8) is 0 Å². The van der Waals surface area contributed by atoms with Gasteiger partial charge in [0.25, 0.3) is 0 Å². The Balaban J connectivity index is 2.05. The Bertz CT molecular complexity index is 298. The van der Waals surface area contributed by atoms with Crippen LogP contribution in [0.15, 0.2) is 0 Å². The lowest BCUT2D eigenvalue weighted by molar-refractivity contribution is -0.151. The van der Waals surface area contributed by atoms with Crippen LogP contribution >= 0.6 is 0 Å². The first-order valence-corrected chi connectivity index (χ1v) is 7.97. The molecule has 0 amide bonds. The van der Waals surface area contributed by atoms with Crippen molar-refractivity contribution in [2.45, 2.75) is 58.8 Å². The van der Waals surface area contributed by atoms with Gasteiger partial charge in [-0.25, -0.2) is 0 Å². The van der Waals surface area contributed by atoms with Crippen molar-refractivity contribution in [2.75, 3.05) is 19.6 Å². The summed E-state index contributed by atoms with van der Waals surface area (Å²) < 4.78 is 0. The molecule has 19 heavy (non-hydrogen) atoms. The molecule has 3 nitrogen and oxygen atoms in total. The minimum Gasteiger partial charge on any atom is -0.481 e. The van der Waals surface area contributed by atoms with Gasteiger partial charge in [0.1, 0.15) is 0 Å². The number of hydrogen-bond donors (Lipinski definition) is 1. The topological polar surface area (TPSA) is 40.5 Å². The number of carboxylic acids is 1. The Morgan fingerprint density at radius 1 is 1.11 bits per heavy atom. The maximum Gasteiger partial charge on any atom is 0.310 e. The summed E-state index contributed by atoms with van der Waals surface area (Å²) in [5, 5.41) is 9.75. The lowest BCUT2D eigenvalue weighted by Crippen LogP contribution is -2.48. The van der Waals surface area contributed by atoms with E-state index in [0.29, 0.717) is 11.8 Å². The predicted molar refractivity (Wildman–Crippen MR) is 77.2 cm³/mol. The van der Waals surface area contributed by atoms with Gasteiger partial charge in [-0.1, -0.05) is 39.5 Å². The van der Waals surface area contributed by atoms with Crippen molar-refractivity contribution < 1.29 is 9.90 Å². The van der Waals surface area contributed by atoms with E-state index in [0.717, 1.165) is 45.3 Å². The fourth-order valence-electron chi connectivity index (χ4n) is 4.19. The number of nitrogens with zero attached hydrogens (tertiary/aromatic N) is 1. The van der Waals surface area contributed by atoms with Crippen LogP contribution in [-0.4, -0.2) is 35.6 Å². The minimum atomic E-state index is -0.555. The van der Waals surface area contributed by atoms with Crippen molar-refractivity contribution in [2.24, 2.45) is 17.3 Å². The zero-order chi connectivity index (χ0) is 13.9. The molecule has 0 aromatic rings. The molecule has 1 N–H and O–H groups in total. The molecule has 0 spiro atoms. The zero-order valence-electron chi connectivity index (χ0n) is 12.5. The molecule has 2 rings (SSSR count). The quantitative estimate of drug-likeness (QED) is 0.797. The SMILES string of the molecule is CC1CC(C)CN(CC2(C(=O)O)CCCCCC2)C1. The first kappa shape index (κ1) is 14.8. The second kappa shape index (κ2) is 6.25. The molecular formula is C16H29NO2. The van der Waals surface area contributed by atoms with Gasteiger partial charge in [-0.3, -0.25) is 4.79 Å². The van der Waals surface area contributed by atoms with Crippen molar-refractivity contribution in [3.05, 3.63) is 0 Å². The van der Waals surface area contributed by atoms with Crippen LogP contribution in [0.3, 0.4) is 0 Å². The van der Waals surface area contributed by atoms with Gasteiger partial charge >= 0.3 is 5.97 Å². The number of likely N-dealkylation sites (tertiary alicyclic amines) is 1. The maximum atomic E-state index is 11.8. The molecule has 1 aliphatic carbocycles. The number of piperidine rings is 1. The molecule has 2 aliphatic rings. The van der Waals surface area contributed by atoms with E-state index < -0.39 is 11.4 Å². The molecule has 1 aliphatic heterocycles. The van der Waals surface area contributed by atoms with E-state index in [1.807, 2.05) is 0 Å². The number of carboxylic acid groups (broad SMARTS) is 1. The van der Waals surface area contributed by atoms with Crippen LogP contribution in [0.1, 0.15) is 58.8 Å². The summed E-state index contributed by atoms with van der Waals surface area (Å²) in [6, 6.07) is 0. The summed E-state index contributed by atoms with van der Waals surface area (Å²) in [5.74, 6) is 0.862. The maximum absolute atomic E-state index is 11.8. The van der Waals surface area contributed by atoms with Crippen LogP contribution in [0.4, 0.5) is 0 Å². The summed E-state index contributed by atoms with van der Waals surface area (Å²) >= 11 is 0. The van der Waals surface area contributed by atoms with Crippen LogP contribution in [0.25, 0.3) is 0 Å².